The summed E-state index contributed by atoms with van der Waals surface area (Å²) in [6, 6.07) is 2.87. The molecule has 0 saturated carbocycles. The summed E-state index contributed by atoms with van der Waals surface area (Å²) in [5.74, 6) is -1.31. The van der Waals surface area contributed by atoms with Gasteiger partial charge in [-0.25, -0.2) is 14.1 Å². The number of nitrogens with zero attached hydrogens (tertiary/aromatic N) is 3. The number of carbonyl (C=O) groups excluding carboxylic acids is 2. The lowest BCUT2D eigenvalue weighted by molar-refractivity contribution is -0.121. The molecule has 2 aliphatic heterocycles. The minimum atomic E-state index is -0.894. The Bertz CT molecular complexity index is 697. The molecule has 2 heterocycles. The van der Waals surface area contributed by atoms with Crippen molar-refractivity contribution in [3.05, 3.63) is 29.1 Å². The molecule has 0 radical (unpaired) electrons. The Balaban J connectivity index is 2.07. The van der Waals surface area contributed by atoms with E-state index in [9.17, 15) is 19.1 Å². The molecule has 2 saturated heterocycles. The number of aliphatic hydroxyl groups excluding tert-OH is 1. The smallest absolute Gasteiger partial charge is 0.332 e. The second-order valence-corrected chi connectivity index (χ2v) is 5.13. The zero-order valence-corrected chi connectivity index (χ0v) is 11.2. The van der Waals surface area contributed by atoms with E-state index in [0.29, 0.717) is 13.0 Å². The molecule has 0 aromatic heterocycles. The van der Waals surface area contributed by atoms with Crippen molar-refractivity contribution in [2.24, 2.45) is 0 Å². The molecule has 7 heteroatoms. The fraction of sp³-hybridized carbons (Fsp3) is 0.357. The summed E-state index contributed by atoms with van der Waals surface area (Å²) in [5, 5.41) is 18.6. The third-order valence-corrected chi connectivity index (χ3v) is 4.00. The summed E-state index contributed by atoms with van der Waals surface area (Å²) >= 11 is 0. The van der Waals surface area contributed by atoms with Crippen LogP contribution in [0.3, 0.4) is 0 Å². The highest BCUT2D eigenvalue weighted by molar-refractivity contribution is 6.22. The van der Waals surface area contributed by atoms with Gasteiger partial charge in [0.2, 0.25) is 0 Å². The van der Waals surface area contributed by atoms with Crippen LogP contribution in [0.4, 0.5) is 14.9 Å². The number of hydrogen-bond donors (Lipinski definition) is 1. The van der Waals surface area contributed by atoms with E-state index in [1.807, 2.05) is 0 Å². The largest absolute Gasteiger partial charge is 0.390 e. The molecule has 6 nitrogen and oxygen atoms in total. The number of amides is 3. The Morgan fingerprint density at radius 2 is 2.14 bits per heavy atom. The van der Waals surface area contributed by atoms with Gasteiger partial charge in [-0.05, 0) is 25.5 Å². The van der Waals surface area contributed by atoms with Gasteiger partial charge in [0.05, 0.1) is 17.4 Å². The first kappa shape index (κ1) is 13.5. The highest BCUT2D eigenvalue weighted by Gasteiger charge is 2.52. The normalized spacial score (nSPS) is 24.5. The van der Waals surface area contributed by atoms with Gasteiger partial charge in [0.15, 0.2) is 0 Å². The van der Waals surface area contributed by atoms with Crippen molar-refractivity contribution in [2.45, 2.75) is 25.5 Å². The van der Waals surface area contributed by atoms with E-state index in [1.165, 1.54) is 24.0 Å². The number of nitriles is 1. The van der Waals surface area contributed by atoms with Crippen molar-refractivity contribution in [2.75, 3.05) is 11.4 Å². The molecule has 1 N–H and O–H groups in total. The van der Waals surface area contributed by atoms with Gasteiger partial charge in [0, 0.05) is 12.1 Å². The molecular formula is C14H12FN3O3. The van der Waals surface area contributed by atoms with Gasteiger partial charge in [0.1, 0.15) is 17.9 Å². The highest BCUT2D eigenvalue weighted by Crippen LogP contribution is 2.34. The van der Waals surface area contributed by atoms with Crippen molar-refractivity contribution in [1.29, 1.82) is 5.26 Å². The molecule has 0 bridgehead atoms. The molecule has 2 atom stereocenters. The van der Waals surface area contributed by atoms with Crippen molar-refractivity contribution in [1.82, 2.24) is 4.90 Å². The second-order valence-electron chi connectivity index (χ2n) is 5.13. The van der Waals surface area contributed by atoms with E-state index in [0.717, 1.165) is 4.90 Å². The first-order chi connectivity index (χ1) is 9.97. The molecule has 1 aromatic carbocycles. The highest BCUT2D eigenvalue weighted by atomic mass is 19.1. The number of rotatable bonds is 1. The lowest BCUT2D eigenvalue weighted by atomic mass is 10.1. The Labute approximate surface area is 120 Å². The second kappa shape index (κ2) is 4.53. The summed E-state index contributed by atoms with van der Waals surface area (Å²) in [5.41, 5.74) is 0.0328. The van der Waals surface area contributed by atoms with Crippen LogP contribution < -0.4 is 4.90 Å². The van der Waals surface area contributed by atoms with Crippen LogP contribution >= 0.6 is 0 Å². The SMILES string of the molecule is Cc1c(N2C(=O)C3[C@H](O)CCN3C2=O)ccc(C#N)c1F. The number of anilines is 1. The van der Waals surface area contributed by atoms with E-state index in [1.54, 1.807) is 6.07 Å². The van der Waals surface area contributed by atoms with Crippen molar-refractivity contribution in [3.8, 4) is 6.07 Å². The average molecular weight is 289 g/mol. The quantitative estimate of drug-likeness (QED) is 0.779. The molecule has 0 spiro atoms. The van der Waals surface area contributed by atoms with Crippen molar-refractivity contribution < 1.29 is 19.1 Å². The van der Waals surface area contributed by atoms with Crippen LogP contribution in [0.5, 0.6) is 0 Å². The van der Waals surface area contributed by atoms with Crippen LogP contribution in [0.25, 0.3) is 0 Å². The van der Waals surface area contributed by atoms with Crippen LogP contribution in [0.15, 0.2) is 12.1 Å². The lowest BCUT2D eigenvalue weighted by Crippen LogP contribution is -2.36. The molecule has 3 rings (SSSR count). The number of halogens is 1. The first-order valence-electron chi connectivity index (χ1n) is 6.49. The fourth-order valence-corrected chi connectivity index (χ4v) is 2.87. The minimum absolute atomic E-state index is 0.0615. The fourth-order valence-electron chi connectivity index (χ4n) is 2.87. The van der Waals surface area contributed by atoms with Gasteiger partial charge in [-0.1, -0.05) is 0 Å². The Morgan fingerprint density at radius 1 is 1.43 bits per heavy atom. The minimum Gasteiger partial charge on any atom is -0.390 e. The molecular weight excluding hydrogens is 277 g/mol. The average Bonchev–Trinajstić information content (AvgIpc) is 2.95. The van der Waals surface area contributed by atoms with Gasteiger partial charge in [-0.3, -0.25) is 4.79 Å². The summed E-state index contributed by atoms with van der Waals surface area (Å²) in [6.45, 7) is 1.71. The zero-order valence-electron chi connectivity index (χ0n) is 11.2. The van der Waals surface area contributed by atoms with Gasteiger partial charge < -0.3 is 10.0 Å². The number of aliphatic hydroxyl groups is 1. The molecule has 2 aliphatic rings. The van der Waals surface area contributed by atoms with Crippen LogP contribution in [0, 0.1) is 24.1 Å². The number of imide groups is 1. The van der Waals surface area contributed by atoms with E-state index >= 15 is 0 Å². The summed E-state index contributed by atoms with van der Waals surface area (Å²) in [7, 11) is 0. The monoisotopic (exact) mass is 289 g/mol. The molecule has 0 aliphatic carbocycles. The standard InChI is InChI=1S/C14H12FN3O3/c1-7-9(3-2-8(6-16)11(7)15)18-13(20)12-10(19)4-5-17(12)14(18)21/h2-3,10,12,19H,4-5H2,1H3/t10-,12?/m1/s1. The predicted octanol–water partition coefficient (Wildman–Crippen LogP) is 0.908. The number of carbonyl (C=O) groups is 2. The lowest BCUT2D eigenvalue weighted by Gasteiger charge is -2.18. The van der Waals surface area contributed by atoms with Gasteiger partial charge >= 0.3 is 6.03 Å². The maximum absolute atomic E-state index is 14.0. The van der Waals surface area contributed by atoms with E-state index < -0.39 is 29.9 Å². The third-order valence-electron chi connectivity index (χ3n) is 4.00. The molecule has 2 fully saturated rings. The van der Waals surface area contributed by atoms with Crippen LogP contribution in [0.1, 0.15) is 17.5 Å². The van der Waals surface area contributed by atoms with Crippen molar-refractivity contribution in [3.63, 3.8) is 0 Å². The number of urea groups is 1. The van der Waals surface area contributed by atoms with E-state index in [2.05, 4.69) is 0 Å². The Kier molecular flexibility index (Phi) is 2.92. The molecule has 3 amide bonds. The maximum atomic E-state index is 14.0. The molecule has 1 unspecified atom stereocenters. The van der Waals surface area contributed by atoms with Crippen LogP contribution in [-0.4, -0.2) is 40.6 Å². The molecule has 1 aromatic rings. The van der Waals surface area contributed by atoms with Gasteiger partial charge in [-0.15, -0.1) is 0 Å². The first-order valence-corrected chi connectivity index (χ1v) is 6.49. The predicted molar refractivity (Wildman–Crippen MR) is 69.9 cm³/mol. The summed E-state index contributed by atoms with van der Waals surface area (Å²) in [4.78, 5) is 26.8. The summed E-state index contributed by atoms with van der Waals surface area (Å²) in [6.07, 6.45) is -0.536. The Morgan fingerprint density at radius 3 is 2.76 bits per heavy atom. The number of benzene rings is 1. The van der Waals surface area contributed by atoms with Crippen LogP contribution in [-0.2, 0) is 4.79 Å². The van der Waals surface area contributed by atoms with Crippen LogP contribution in [0.2, 0.25) is 0 Å². The number of fused-ring (bicyclic) bond motifs is 1. The topological polar surface area (TPSA) is 84.6 Å². The molecule has 21 heavy (non-hydrogen) atoms. The van der Waals surface area contributed by atoms with Gasteiger partial charge in [0.25, 0.3) is 5.91 Å². The summed E-state index contributed by atoms with van der Waals surface area (Å²) < 4.78 is 14.0. The van der Waals surface area contributed by atoms with Crippen molar-refractivity contribution >= 4 is 17.6 Å². The zero-order chi connectivity index (χ0) is 15.3. The molecule has 108 valence electrons. The third kappa shape index (κ3) is 1.73. The van der Waals surface area contributed by atoms with E-state index in [4.69, 9.17) is 5.26 Å². The van der Waals surface area contributed by atoms with E-state index in [-0.39, 0.29) is 16.8 Å². The maximum Gasteiger partial charge on any atom is 0.332 e. The van der Waals surface area contributed by atoms with Gasteiger partial charge in [-0.2, -0.15) is 5.26 Å². The number of hydrogen-bond acceptors (Lipinski definition) is 4. The Hall–Kier alpha value is -2.46.